The number of fused-ring (bicyclic) bond motifs is 1. The monoisotopic (exact) mass is 442 g/mol. The summed E-state index contributed by atoms with van der Waals surface area (Å²) in [6.45, 7) is 0. The van der Waals surface area contributed by atoms with Crippen molar-refractivity contribution in [2.24, 2.45) is 15.7 Å². The number of amidine groups is 1. The number of hydrogen-bond donors (Lipinski definition) is 4. The number of nitrogens with two attached hydrogens (primary N) is 1. The number of aromatic amines is 1. The van der Waals surface area contributed by atoms with Gasteiger partial charge in [0.05, 0.1) is 17.9 Å². The predicted molar refractivity (Wildman–Crippen MR) is 122 cm³/mol. The van der Waals surface area contributed by atoms with Crippen LogP contribution in [0.1, 0.15) is 11.7 Å². The average molecular weight is 443 g/mol. The molecule has 30 heavy (non-hydrogen) atoms. The summed E-state index contributed by atoms with van der Waals surface area (Å²) in [4.78, 5) is 24.5. The number of aliphatic imine (C=N–C) groups is 2. The number of anilines is 1. The van der Waals surface area contributed by atoms with Gasteiger partial charge < -0.3 is 26.1 Å². The zero-order chi connectivity index (χ0) is 21.1. The molecule has 154 valence electrons. The Bertz CT molecular complexity index is 1160. The van der Waals surface area contributed by atoms with Crippen LogP contribution in [0, 0.1) is 0 Å². The van der Waals surface area contributed by atoms with E-state index < -0.39 is 6.17 Å². The van der Waals surface area contributed by atoms with E-state index >= 15 is 0 Å². The Kier molecular flexibility index (Phi) is 5.82. The maximum Gasteiger partial charge on any atom is 0.234 e. The van der Waals surface area contributed by atoms with E-state index in [1.165, 1.54) is 18.9 Å². The van der Waals surface area contributed by atoms with Crippen LogP contribution in [0.2, 0.25) is 5.02 Å². The number of amides is 1. The van der Waals surface area contributed by atoms with Crippen molar-refractivity contribution in [1.82, 2.24) is 10.3 Å². The van der Waals surface area contributed by atoms with Crippen molar-refractivity contribution >= 4 is 57.0 Å². The number of nitrogens with one attached hydrogen (secondary N) is 3. The molecule has 5 N–H and O–H groups in total. The fourth-order valence-electron chi connectivity index (χ4n) is 3.04. The van der Waals surface area contributed by atoms with Gasteiger partial charge in [-0.05, 0) is 24.3 Å². The number of para-hydroxylation sites is 1. The molecule has 0 radical (unpaired) electrons. The highest BCUT2D eigenvalue weighted by Crippen LogP contribution is 2.30. The first-order valence-electron chi connectivity index (χ1n) is 9.04. The Balaban J connectivity index is 1.43. The molecule has 8 nitrogen and oxygen atoms in total. The van der Waals surface area contributed by atoms with Crippen LogP contribution >= 0.6 is 23.4 Å². The molecule has 2 aromatic carbocycles. The van der Waals surface area contributed by atoms with Gasteiger partial charge in [0, 0.05) is 28.4 Å². The quantitative estimate of drug-likeness (QED) is 0.482. The summed E-state index contributed by atoms with van der Waals surface area (Å²) < 4.78 is 5.11. The van der Waals surface area contributed by atoms with Gasteiger partial charge in [-0.1, -0.05) is 41.6 Å². The summed E-state index contributed by atoms with van der Waals surface area (Å²) in [7, 11) is 1.53. The summed E-state index contributed by atoms with van der Waals surface area (Å²) in [6, 6.07) is 13.0. The van der Waals surface area contributed by atoms with E-state index in [0.29, 0.717) is 21.6 Å². The number of benzene rings is 2. The number of methoxy groups -OCH3 is 1. The number of guanidine groups is 1. The minimum atomic E-state index is -0.478. The van der Waals surface area contributed by atoms with Crippen LogP contribution in [0.25, 0.3) is 10.9 Å². The Hall–Kier alpha value is -3.17. The van der Waals surface area contributed by atoms with Gasteiger partial charge >= 0.3 is 0 Å². The molecule has 10 heteroatoms. The summed E-state index contributed by atoms with van der Waals surface area (Å²) in [5.41, 5.74) is 8.46. The number of nitrogens with zero attached hydrogens (tertiary/aromatic N) is 2. The summed E-state index contributed by atoms with van der Waals surface area (Å²) in [5, 5.41) is 7.69. The van der Waals surface area contributed by atoms with E-state index in [-0.39, 0.29) is 17.6 Å². The van der Waals surface area contributed by atoms with Gasteiger partial charge in [-0.25, -0.2) is 9.98 Å². The molecule has 1 amide bonds. The number of H-pyrrole nitrogens is 1. The van der Waals surface area contributed by atoms with Crippen LogP contribution < -0.4 is 21.1 Å². The lowest BCUT2D eigenvalue weighted by molar-refractivity contribution is -0.113. The number of halogens is 1. The molecule has 0 spiro atoms. The van der Waals surface area contributed by atoms with Crippen LogP contribution in [0.4, 0.5) is 5.69 Å². The normalized spacial score (nSPS) is 15.9. The number of hydrogen-bond acceptors (Lipinski definition) is 7. The van der Waals surface area contributed by atoms with E-state index in [1.54, 1.807) is 18.2 Å². The lowest BCUT2D eigenvalue weighted by Crippen LogP contribution is -2.39. The molecule has 1 atom stereocenters. The van der Waals surface area contributed by atoms with Crippen LogP contribution in [-0.2, 0) is 4.79 Å². The van der Waals surface area contributed by atoms with Gasteiger partial charge in [0.15, 0.2) is 17.3 Å². The standard InChI is InChI=1S/C20H19ClN6O2S/c1-29-16-7-6-11(8-14(16)21)24-17(28)10-30-20-26-18(25-19(22)27-20)13-9-23-15-5-3-2-4-12(13)15/h2-9,18,23H,10H2,1H3,(H,24,28)(H3,22,25,26,27)/t18-/m1/s1. The minimum Gasteiger partial charge on any atom is -0.495 e. The van der Waals surface area contributed by atoms with Crippen LogP contribution in [-0.4, -0.2) is 34.9 Å². The first-order valence-corrected chi connectivity index (χ1v) is 10.4. The number of carbonyl (C=O) groups excluding carboxylic acids is 1. The Morgan fingerprint density at radius 2 is 2.13 bits per heavy atom. The van der Waals surface area contributed by atoms with Crippen LogP contribution in [0.15, 0.2) is 58.6 Å². The third kappa shape index (κ3) is 4.37. The number of carbonyl (C=O) groups is 1. The molecule has 2 heterocycles. The molecular weight excluding hydrogens is 424 g/mol. The minimum absolute atomic E-state index is 0.142. The van der Waals surface area contributed by atoms with Crippen molar-refractivity contribution in [2.45, 2.75) is 6.17 Å². The lowest BCUT2D eigenvalue weighted by atomic mass is 10.1. The van der Waals surface area contributed by atoms with Crippen molar-refractivity contribution in [3.63, 3.8) is 0 Å². The largest absolute Gasteiger partial charge is 0.495 e. The van der Waals surface area contributed by atoms with Gasteiger partial charge in [-0.2, -0.15) is 0 Å². The van der Waals surface area contributed by atoms with Crippen LogP contribution in [0.5, 0.6) is 5.75 Å². The molecule has 0 aliphatic carbocycles. The fourth-order valence-corrected chi connectivity index (χ4v) is 3.99. The Morgan fingerprint density at radius 1 is 1.30 bits per heavy atom. The average Bonchev–Trinajstić information content (AvgIpc) is 3.16. The lowest BCUT2D eigenvalue weighted by Gasteiger charge is -2.18. The fraction of sp³-hybridized carbons (Fsp3) is 0.150. The number of aromatic nitrogens is 1. The molecule has 3 aromatic rings. The molecule has 4 rings (SSSR count). The van der Waals surface area contributed by atoms with Crippen molar-refractivity contribution < 1.29 is 9.53 Å². The molecule has 0 unspecified atom stereocenters. The van der Waals surface area contributed by atoms with Crippen LogP contribution in [0.3, 0.4) is 0 Å². The van der Waals surface area contributed by atoms with Gasteiger partial charge in [0.25, 0.3) is 0 Å². The predicted octanol–water partition coefficient (Wildman–Crippen LogP) is 3.47. The SMILES string of the molecule is COc1ccc(NC(=O)CSC2=N[C@H](c3c[nH]c4ccccc34)N=C(N)N2)cc1Cl. The Morgan fingerprint density at radius 3 is 2.93 bits per heavy atom. The summed E-state index contributed by atoms with van der Waals surface area (Å²) >= 11 is 7.34. The summed E-state index contributed by atoms with van der Waals surface area (Å²) in [6.07, 6.45) is 1.40. The molecule has 0 saturated carbocycles. The highest BCUT2D eigenvalue weighted by atomic mass is 35.5. The maximum atomic E-state index is 12.3. The summed E-state index contributed by atoms with van der Waals surface area (Å²) in [5.74, 6) is 0.743. The molecule has 1 aromatic heterocycles. The molecule has 0 fully saturated rings. The molecule has 1 aliphatic rings. The van der Waals surface area contributed by atoms with E-state index in [9.17, 15) is 4.79 Å². The van der Waals surface area contributed by atoms with E-state index in [0.717, 1.165) is 16.5 Å². The van der Waals surface area contributed by atoms with Gasteiger partial charge in [0.2, 0.25) is 5.91 Å². The topological polar surface area (TPSA) is 117 Å². The van der Waals surface area contributed by atoms with Crippen molar-refractivity contribution in [1.29, 1.82) is 0 Å². The zero-order valence-electron chi connectivity index (χ0n) is 16.0. The second-order valence-electron chi connectivity index (χ2n) is 6.42. The second kappa shape index (κ2) is 8.68. The molecular formula is C20H19ClN6O2S. The maximum absolute atomic E-state index is 12.3. The number of ether oxygens (including phenoxy) is 1. The van der Waals surface area contributed by atoms with E-state index in [1.807, 2.05) is 30.5 Å². The first-order chi connectivity index (χ1) is 14.5. The van der Waals surface area contributed by atoms with Crippen molar-refractivity contribution in [3.8, 4) is 5.75 Å². The zero-order valence-corrected chi connectivity index (χ0v) is 17.6. The van der Waals surface area contributed by atoms with E-state index in [2.05, 4.69) is 25.6 Å². The highest BCUT2D eigenvalue weighted by molar-refractivity contribution is 8.14. The number of thioether (sulfide) groups is 1. The second-order valence-corrected chi connectivity index (χ2v) is 7.79. The smallest absolute Gasteiger partial charge is 0.234 e. The first kappa shape index (κ1) is 20.1. The van der Waals surface area contributed by atoms with E-state index in [4.69, 9.17) is 22.1 Å². The molecule has 0 bridgehead atoms. The molecule has 1 aliphatic heterocycles. The van der Waals surface area contributed by atoms with Gasteiger partial charge in [-0.3, -0.25) is 4.79 Å². The Labute approximate surface area is 181 Å². The third-order valence-corrected chi connectivity index (χ3v) is 5.59. The highest BCUT2D eigenvalue weighted by Gasteiger charge is 2.20. The van der Waals surface area contributed by atoms with Crippen molar-refractivity contribution in [2.75, 3.05) is 18.2 Å². The van der Waals surface area contributed by atoms with Crippen molar-refractivity contribution in [3.05, 3.63) is 59.2 Å². The third-order valence-electron chi connectivity index (χ3n) is 4.41. The molecule has 0 saturated heterocycles. The number of rotatable bonds is 5. The van der Waals surface area contributed by atoms with Gasteiger partial charge in [0.1, 0.15) is 5.75 Å². The van der Waals surface area contributed by atoms with Gasteiger partial charge in [-0.15, -0.1) is 0 Å².